The molecule has 0 radical (unpaired) electrons. The Kier molecular flexibility index (Phi) is 2.92. The second kappa shape index (κ2) is 2.72. The zero-order valence-corrected chi connectivity index (χ0v) is 5.46. The fourth-order valence-corrected chi connectivity index (χ4v) is 0.0945. The van der Waals surface area contributed by atoms with Crippen LogP contribution >= 0.6 is 23.2 Å². The molecule has 1 atom stereocenters. The van der Waals surface area contributed by atoms with Gasteiger partial charge in [0.25, 0.3) is 0 Å². The number of alkyl halides is 2. The van der Waals surface area contributed by atoms with Gasteiger partial charge in [-0.3, -0.25) is 4.84 Å². The van der Waals surface area contributed by atoms with E-state index in [1.165, 1.54) is 0 Å². The molecule has 4 heteroatoms. The van der Waals surface area contributed by atoms with Gasteiger partial charge in [-0.25, -0.2) is 5.90 Å². The molecule has 0 saturated heterocycles. The summed E-state index contributed by atoms with van der Waals surface area (Å²) in [4.78, 5) is 4.22. The Morgan fingerprint density at radius 2 is 2.29 bits per heavy atom. The summed E-state index contributed by atoms with van der Waals surface area (Å²) >= 11 is 10.7. The number of hydrogen-bond acceptors (Lipinski definition) is 2. The van der Waals surface area contributed by atoms with Gasteiger partial charge < -0.3 is 0 Å². The summed E-state index contributed by atoms with van der Waals surface area (Å²) < 4.78 is 0. The lowest BCUT2D eigenvalue weighted by atomic mass is 10.5. The van der Waals surface area contributed by atoms with E-state index in [4.69, 9.17) is 29.1 Å². The summed E-state index contributed by atoms with van der Waals surface area (Å²) in [5, 5.41) is -0.901. The van der Waals surface area contributed by atoms with Crippen LogP contribution in [0.1, 0.15) is 6.92 Å². The van der Waals surface area contributed by atoms with E-state index in [9.17, 15) is 0 Å². The molecule has 0 aliphatic heterocycles. The van der Waals surface area contributed by atoms with Gasteiger partial charge in [-0.2, -0.15) is 0 Å². The monoisotopic (exact) mass is 143 g/mol. The predicted molar refractivity (Wildman–Crippen MR) is 30.3 cm³/mol. The number of hydrogen-bond donors (Lipinski definition) is 1. The normalized spacial score (nSPS) is 18.9. The number of rotatable bonds is 2. The molecule has 0 rings (SSSR count). The second-order valence-electron chi connectivity index (χ2n) is 1.35. The van der Waals surface area contributed by atoms with Crippen LogP contribution in [0.2, 0.25) is 0 Å². The van der Waals surface area contributed by atoms with Crippen LogP contribution in [0.4, 0.5) is 0 Å². The maximum absolute atomic E-state index is 5.43. The lowest BCUT2D eigenvalue weighted by Crippen LogP contribution is -2.26. The molecule has 0 aromatic carbocycles. The third-order valence-corrected chi connectivity index (χ3v) is 1.35. The van der Waals surface area contributed by atoms with Gasteiger partial charge in [-0.15, -0.1) is 11.6 Å². The van der Waals surface area contributed by atoms with Crippen molar-refractivity contribution in [2.24, 2.45) is 5.90 Å². The molecule has 0 fully saturated rings. The largest absolute Gasteiger partial charge is 0.281 e. The molecule has 0 aliphatic carbocycles. The van der Waals surface area contributed by atoms with Crippen LogP contribution in [0.3, 0.4) is 0 Å². The zero-order valence-electron chi connectivity index (χ0n) is 3.95. The van der Waals surface area contributed by atoms with Crippen LogP contribution in [0.25, 0.3) is 0 Å². The van der Waals surface area contributed by atoms with Crippen molar-refractivity contribution in [3.8, 4) is 0 Å². The number of nitrogens with two attached hydrogens (primary N) is 1. The van der Waals surface area contributed by atoms with Crippen molar-refractivity contribution in [3.05, 3.63) is 0 Å². The zero-order chi connectivity index (χ0) is 5.91. The van der Waals surface area contributed by atoms with E-state index in [1.807, 2.05) is 0 Å². The van der Waals surface area contributed by atoms with Crippen molar-refractivity contribution in [1.82, 2.24) is 0 Å². The van der Waals surface area contributed by atoms with E-state index < -0.39 is 5.06 Å². The smallest absolute Gasteiger partial charge is 0.172 e. The Morgan fingerprint density at radius 3 is 2.29 bits per heavy atom. The fourth-order valence-electron chi connectivity index (χ4n) is 0.0315. The first kappa shape index (κ1) is 7.50. The molecule has 0 aliphatic rings. The predicted octanol–water partition coefficient (Wildman–Crippen LogP) is 1.07. The Labute approximate surface area is 52.5 Å². The van der Waals surface area contributed by atoms with Gasteiger partial charge >= 0.3 is 0 Å². The molecule has 0 spiro atoms. The van der Waals surface area contributed by atoms with Crippen molar-refractivity contribution in [2.45, 2.75) is 12.0 Å². The first-order valence-electron chi connectivity index (χ1n) is 1.75. The minimum atomic E-state index is -0.901. The minimum absolute atomic E-state index is 0.186. The van der Waals surface area contributed by atoms with Crippen LogP contribution in [0.5, 0.6) is 0 Å². The van der Waals surface area contributed by atoms with Crippen LogP contribution in [0, 0.1) is 0 Å². The van der Waals surface area contributed by atoms with Crippen LogP contribution in [-0.4, -0.2) is 10.9 Å². The molecular weight excluding hydrogens is 137 g/mol. The summed E-state index contributed by atoms with van der Waals surface area (Å²) in [6.45, 7) is 1.58. The lowest BCUT2D eigenvalue weighted by molar-refractivity contribution is 0.0488. The van der Waals surface area contributed by atoms with Gasteiger partial charge in [0, 0.05) is 0 Å². The van der Waals surface area contributed by atoms with Gasteiger partial charge in [-0.05, 0) is 6.92 Å². The molecule has 44 valence electrons. The highest BCUT2D eigenvalue weighted by atomic mass is 35.5. The van der Waals surface area contributed by atoms with Gasteiger partial charge in [0.2, 0.25) is 0 Å². The maximum atomic E-state index is 5.43. The third kappa shape index (κ3) is 3.12. The summed E-state index contributed by atoms with van der Waals surface area (Å²) in [6.07, 6.45) is 0. The Balaban J connectivity index is 3.36. The Bertz CT molecular complexity index is 50.9. The van der Waals surface area contributed by atoms with Gasteiger partial charge in [0.1, 0.15) is 0 Å². The highest BCUT2D eigenvalue weighted by Gasteiger charge is 2.17. The van der Waals surface area contributed by atoms with Crippen molar-refractivity contribution in [2.75, 3.05) is 5.88 Å². The molecular formula is C3H7Cl2NO. The fraction of sp³-hybridized carbons (Fsp3) is 1.00. The van der Waals surface area contributed by atoms with E-state index in [0.29, 0.717) is 0 Å². The van der Waals surface area contributed by atoms with E-state index >= 15 is 0 Å². The molecule has 0 aromatic rings. The van der Waals surface area contributed by atoms with Crippen LogP contribution in [-0.2, 0) is 4.84 Å². The summed E-state index contributed by atoms with van der Waals surface area (Å²) in [6, 6.07) is 0. The van der Waals surface area contributed by atoms with Crippen molar-refractivity contribution >= 4 is 23.2 Å². The standard InChI is InChI=1S/C3H7Cl2NO/c1-3(5,2-4)7-6/h2,6H2,1H3. The van der Waals surface area contributed by atoms with Gasteiger partial charge in [0.15, 0.2) is 5.06 Å². The van der Waals surface area contributed by atoms with Crippen molar-refractivity contribution in [1.29, 1.82) is 0 Å². The highest BCUT2D eigenvalue weighted by Crippen LogP contribution is 2.13. The first-order chi connectivity index (χ1) is 3.12. The SMILES string of the molecule is CC(Cl)(CCl)ON. The molecule has 0 aromatic heterocycles. The Hall–Kier alpha value is 0.500. The summed E-state index contributed by atoms with van der Waals surface area (Å²) in [5.41, 5.74) is 0. The first-order valence-corrected chi connectivity index (χ1v) is 2.66. The molecule has 1 unspecified atom stereocenters. The molecule has 0 saturated carbocycles. The Morgan fingerprint density at radius 1 is 1.86 bits per heavy atom. The maximum Gasteiger partial charge on any atom is 0.172 e. The quantitative estimate of drug-likeness (QED) is 0.464. The molecule has 2 nitrogen and oxygen atoms in total. The van der Waals surface area contributed by atoms with E-state index in [0.717, 1.165) is 0 Å². The highest BCUT2D eigenvalue weighted by molar-refractivity contribution is 6.29. The average Bonchev–Trinajstić information content (AvgIpc) is 1.68. The molecule has 2 N–H and O–H groups in total. The van der Waals surface area contributed by atoms with Gasteiger partial charge in [-0.1, -0.05) is 11.6 Å². The molecule has 0 amide bonds. The summed E-state index contributed by atoms with van der Waals surface area (Å²) in [7, 11) is 0. The molecule has 0 bridgehead atoms. The molecule has 0 heterocycles. The van der Waals surface area contributed by atoms with E-state index in [2.05, 4.69) is 4.84 Å². The van der Waals surface area contributed by atoms with Crippen molar-refractivity contribution in [3.63, 3.8) is 0 Å². The minimum Gasteiger partial charge on any atom is -0.281 e. The lowest BCUT2D eigenvalue weighted by Gasteiger charge is -2.13. The van der Waals surface area contributed by atoms with E-state index in [-0.39, 0.29) is 5.88 Å². The second-order valence-corrected chi connectivity index (χ2v) is 2.42. The summed E-state index contributed by atoms with van der Waals surface area (Å²) in [5.74, 6) is 4.89. The van der Waals surface area contributed by atoms with E-state index in [1.54, 1.807) is 6.92 Å². The molecule has 7 heavy (non-hydrogen) atoms. The van der Waals surface area contributed by atoms with Crippen LogP contribution in [0.15, 0.2) is 0 Å². The average molecular weight is 144 g/mol. The van der Waals surface area contributed by atoms with Crippen molar-refractivity contribution < 1.29 is 4.84 Å². The number of halogens is 2. The topological polar surface area (TPSA) is 35.2 Å². The van der Waals surface area contributed by atoms with Gasteiger partial charge in [0.05, 0.1) is 5.88 Å². The third-order valence-electron chi connectivity index (χ3n) is 0.484. The van der Waals surface area contributed by atoms with Crippen LogP contribution < -0.4 is 5.90 Å².